The first-order valence-electron chi connectivity index (χ1n) is 5.89. The average Bonchev–Trinajstić information content (AvgIpc) is 2.83. The van der Waals surface area contributed by atoms with Gasteiger partial charge in [0.25, 0.3) is 5.91 Å². The summed E-state index contributed by atoms with van der Waals surface area (Å²) in [6.07, 6.45) is -0.0718. The SMILES string of the molecule is CC(=O)c1ccccc1NC(=O)COc1nc(C)no1. The molecule has 0 aliphatic rings. The molecule has 0 spiro atoms. The standard InChI is InChI=1S/C13H13N3O4/c1-8(17)10-5-3-4-6-11(10)15-12(18)7-19-13-14-9(2)16-20-13/h3-6H,7H2,1-2H3,(H,15,18). The van der Waals surface area contributed by atoms with Crippen molar-refractivity contribution in [1.29, 1.82) is 0 Å². The van der Waals surface area contributed by atoms with Gasteiger partial charge >= 0.3 is 6.08 Å². The maximum atomic E-state index is 11.7. The van der Waals surface area contributed by atoms with Crippen molar-refractivity contribution in [2.24, 2.45) is 0 Å². The zero-order valence-electron chi connectivity index (χ0n) is 11.0. The van der Waals surface area contributed by atoms with Gasteiger partial charge in [0.1, 0.15) is 0 Å². The molecule has 0 aliphatic carbocycles. The van der Waals surface area contributed by atoms with Crippen molar-refractivity contribution in [3.8, 4) is 6.08 Å². The monoisotopic (exact) mass is 275 g/mol. The summed E-state index contributed by atoms with van der Waals surface area (Å²) >= 11 is 0. The van der Waals surface area contributed by atoms with Crippen LogP contribution < -0.4 is 10.1 Å². The van der Waals surface area contributed by atoms with E-state index in [4.69, 9.17) is 9.26 Å². The second-order valence-corrected chi connectivity index (χ2v) is 4.05. The van der Waals surface area contributed by atoms with Gasteiger partial charge in [0.15, 0.2) is 18.2 Å². The second-order valence-electron chi connectivity index (χ2n) is 4.05. The average molecular weight is 275 g/mol. The Morgan fingerprint density at radius 2 is 2.10 bits per heavy atom. The van der Waals surface area contributed by atoms with E-state index >= 15 is 0 Å². The number of amides is 1. The van der Waals surface area contributed by atoms with Gasteiger partial charge in [-0.15, -0.1) is 0 Å². The van der Waals surface area contributed by atoms with E-state index in [1.54, 1.807) is 31.2 Å². The Morgan fingerprint density at radius 3 is 2.75 bits per heavy atom. The minimum atomic E-state index is -0.422. The molecule has 1 N–H and O–H groups in total. The third-order valence-corrected chi connectivity index (χ3v) is 2.42. The number of rotatable bonds is 5. The van der Waals surface area contributed by atoms with Crippen molar-refractivity contribution in [2.45, 2.75) is 13.8 Å². The fourth-order valence-corrected chi connectivity index (χ4v) is 1.55. The van der Waals surface area contributed by atoms with Crippen molar-refractivity contribution in [1.82, 2.24) is 10.1 Å². The van der Waals surface area contributed by atoms with E-state index in [2.05, 4.69) is 15.5 Å². The van der Waals surface area contributed by atoms with Crippen molar-refractivity contribution < 1.29 is 18.8 Å². The lowest BCUT2D eigenvalue weighted by Gasteiger charge is -2.08. The molecular weight excluding hydrogens is 262 g/mol. The van der Waals surface area contributed by atoms with Crippen LogP contribution in [-0.2, 0) is 4.79 Å². The highest BCUT2D eigenvalue weighted by Gasteiger charge is 2.11. The third kappa shape index (κ3) is 3.41. The molecule has 1 aromatic carbocycles. The van der Waals surface area contributed by atoms with E-state index in [0.29, 0.717) is 17.1 Å². The van der Waals surface area contributed by atoms with Gasteiger partial charge < -0.3 is 10.1 Å². The van der Waals surface area contributed by atoms with E-state index in [1.165, 1.54) is 6.92 Å². The number of Topliss-reactive ketones (excluding diaryl/α,β-unsaturated/α-hetero) is 1. The molecule has 7 nitrogen and oxygen atoms in total. The molecule has 0 saturated heterocycles. The van der Waals surface area contributed by atoms with Crippen molar-refractivity contribution in [3.05, 3.63) is 35.7 Å². The van der Waals surface area contributed by atoms with Crippen molar-refractivity contribution >= 4 is 17.4 Å². The molecule has 1 aromatic heterocycles. The number of carbonyl (C=O) groups excluding carboxylic acids is 2. The Labute approximate surface area is 114 Å². The van der Waals surface area contributed by atoms with Crippen LogP contribution in [0.25, 0.3) is 0 Å². The smallest absolute Gasteiger partial charge is 0.417 e. The number of aryl methyl sites for hydroxylation is 1. The Kier molecular flexibility index (Phi) is 4.09. The van der Waals surface area contributed by atoms with Gasteiger partial charge in [-0.2, -0.15) is 4.98 Å². The quantitative estimate of drug-likeness (QED) is 0.833. The zero-order chi connectivity index (χ0) is 14.5. The highest BCUT2D eigenvalue weighted by molar-refractivity contribution is 6.03. The van der Waals surface area contributed by atoms with Gasteiger partial charge in [0.2, 0.25) is 0 Å². The number of benzene rings is 1. The van der Waals surface area contributed by atoms with Gasteiger partial charge in [-0.25, -0.2) is 0 Å². The summed E-state index contributed by atoms with van der Waals surface area (Å²) in [6, 6.07) is 6.74. The molecule has 104 valence electrons. The minimum Gasteiger partial charge on any atom is -0.439 e. The van der Waals surface area contributed by atoms with Gasteiger partial charge in [-0.1, -0.05) is 17.3 Å². The predicted octanol–water partition coefficient (Wildman–Crippen LogP) is 1.60. The number of aromatic nitrogens is 2. The number of hydrogen-bond donors (Lipinski definition) is 1. The number of ketones is 1. The summed E-state index contributed by atoms with van der Waals surface area (Å²) in [5.74, 6) is -0.133. The molecule has 20 heavy (non-hydrogen) atoms. The molecule has 0 fully saturated rings. The molecule has 0 unspecified atom stereocenters. The summed E-state index contributed by atoms with van der Waals surface area (Å²) in [7, 11) is 0. The molecule has 0 saturated carbocycles. The Balaban J connectivity index is 1.96. The molecule has 0 bridgehead atoms. The van der Waals surface area contributed by atoms with Gasteiger partial charge in [-0.3, -0.25) is 14.1 Å². The van der Waals surface area contributed by atoms with Crippen LogP contribution in [0.15, 0.2) is 28.8 Å². The van der Waals surface area contributed by atoms with E-state index in [0.717, 1.165) is 0 Å². The first-order valence-corrected chi connectivity index (χ1v) is 5.89. The van der Waals surface area contributed by atoms with Crippen LogP contribution >= 0.6 is 0 Å². The van der Waals surface area contributed by atoms with Crippen LogP contribution in [0.5, 0.6) is 6.08 Å². The maximum Gasteiger partial charge on any atom is 0.417 e. The highest BCUT2D eigenvalue weighted by Crippen LogP contribution is 2.15. The largest absolute Gasteiger partial charge is 0.439 e. The second kappa shape index (κ2) is 5.96. The van der Waals surface area contributed by atoms with Crippen molar-refractivity contribution in [2.75, 3.05) is 11.9 Å². The Hall–Kier alpha value is -2.70. The van der Waals surface area contributed by atoms with Gasteiger partial charge in [0.05, 0.1) is 5.69 Å². The molecule has 2 aromatic rings. The lowest BCUT2D eigenvalue weighted by atomic mass is 10.1. The summed E-state index contributed by atoms with van der Waals surface area (Å²) in [4.78, 5) is 26.9. The van der Waals surface area contributed by atoms with Crippen LogP contribution in [0.3, 0.4) is 0 Å². The summed E-state index contributed by atoms with van der Waals surface area (Å²) in [6.45, 7) is 2.79. The maximum absolute atomic E-state index is 11.7. The number of carbonyl (C=O) groups is 2. The highest BCUT2D eigenvalue weighted by atomic mass is 16.6. The summed E-state index contributed by atoms with van der Waals surface area (Å²) < 4.78 is 9.73. The van der Waals surface area contributed by atoms with E-state index < -0.39 is 5.91 Å². The number of nitrogens with one attached hydrogen (secondary N) is 1. The zero-order valence-corrected chi connectivity index (χ0v) is 11.0. The number of anilines is 1. The van der Waals surface area contributed by atoms with Crippen LogP contribution in [0.2, 0.25) is 0 Å². The Morgan fingerprint density at radius 1 is 1.35 bits per heavy atom. The minimum absolute atomic E-state index is 0.0718. The normalized spacial score (nSPS) is 10.1. The third-order valence-electron chi connectivity index (χ3n) is 2.42. The fraction of sp³-hybridized carbons (Fsp3) is 0.231. The van der Waals surface area contributed by atoms with Crippen LogP contribution in [0.4, 0.5) is 5.69 Å². The van der Waals surface area contributed by atoms with Gasteiger partial charge in [-0.05, 0) is 26.0 Å². The number of nitrogens with zero attached hydrogens (tertiary/aromatic N) is 2. The van der Waals surface area contributed by atoms with Crippen LogP contribution in [0, 0.1) is 6.92 Å². The number of ether oxygens (including phenoxy) is 1. The van der Waals surface area contributed by atoms with Gasteiger partial charge in [0, 0.05) is 5.56 Å². The fourth-order valence-electron chi connectivity index (χ4n) is 1.55. The topological polar surface area (TPSA) is 94.3 Å². The number of para-hydroxylation sites is 1. The number of hydrogen-bond acceptors (Lipinski definition) is 6. The Bertz CT molecular complexity index is 636. The first kappa shape index (κ1) is 13.7. The lowest BCUT2D eigenvalue weighted by Crippen LogP contribution is -2.21. The van der Waals surface area contributed by atoms with Crippen LogP contribution in [0.1, 0.15) is 23.1 Å². The molecule has 2 rings (SSSR count). The summed E-state index contributed by atoms with van der Waals surface area (Å²) in [5.41, 5.74) is 0.879. The molecule has 0 radical (unpaired) electrons. The predicted molar refractivity (Wildman–Crippen MR) is 69.6 cm³/mol. The molecular formula is C13H13N3O4. The lowest BCUT2D eigenvalue weighted by molar-refractivity contribution is -0.118. The van der Waals surface area contributed by atoms with E-state index in [-0.39, 0.29) is 18.5 Å². The molecule has 1 amide bonds. The molecule has 7 heteroatoms. The van der Waals surface area contributed by atoms with E-state index in [1.807, 2.05) is 0 Å². The van der Waals surface area contributed by atoms with Crippen LogP contribution in [-0.4, -0.2) is 28.4 Å². The molecule has 1 heterocycles. The summed E-state index contributed by atoms with van der Waals surface area (Å²) in [5, 5.41) is 6.12. The first-order chi connectivity index (χ1) is 9.56. The molecule has 0 atom stereocenters. The van der Waals surface area contributed by atoms with Crippen molar-refractivity contribution in [3.63, 3.8) is 0 Å². The molecule has 0 aliphatic heterocycles. The van der Waals surface area contributed by atoms with E-state index in [9.17, 15) is 9.59 Å².